The lowest BCUT2D eigenvalue weighted by atomic mass is 9.92. The first-order valence-electron chi connectivity index (χ1n) is 9.05. The highest BCUT2D eigenvalue weighted by atomic mass is 15.1. The van der Waals surface area contributed by atoms with E-state index in [2.05, 4.69) is 55.2 Å². The molecule has 0 spiro atoms. The van der Waals surface area contributed by atoms with E-state index in [0.29, 0.717) is 5.92 Å². The number of anilines is 1. The summed E-state index contributed by atoms with van der Waals surface area (Å²) in [4.78, 5) is 2.65. The van der Waals surface area contributed by atoms with Gasteiger partial charge in [-0.2, -0.15) is 0 Å². The maximum Gasteiger partial charge on any atom is 0.0440 e. The predicted octanol–water partition coefficient (Wildman–Crippen LogP) is 5.87. The average Bonchev–Trinajstić information content (AvgIpc) is 2.69. The summed E-state index contributed by atoms with van der Waals surface area (Å²) in [6, 6.07) is 9.04. The number of nitrogens with zero attached hydrogens (tertiary/aromatic N) is 1. The molecule has 22 heavy (non-hydrogen) atoms. The number of benzene rings is 1. The Hall–Kier alpha value is -1.50. The van der Waals surface area contributed by atoms with Crippen LogP contribution >= 0.6 is 0 Å². The lowest BCUT2D eigenvalue weighted by Gasteiger charge is -2.32. The highest BCUT2D eigenvalue weighted by molar-refractivity contribution is 5.61. The van der Waals surface area contributed by atoms with Crippen LogP contribution in [-0.2, 0) is 6.42 Å². The Morgan fingerprint density at radius 3 is 2.82 bits per heavy atom. The van der Waals surface area contributed by atoms with Gasteiger partial charge in [-0.1, -0.05) is 63.5 Å². The van der Waals surface area contributed by atoms with Crippen LogP contribution in [0.3, 0.4) is 0 Å². The van der Waals surface area contributed by atoms with Gasteiger partial charge in [0.15, 0.2) is 0 Å². The molecule has 1 nitrogen and oxygen atoms in total. The molecule has 1 atom stereocenters. The SMILES string of the molecule is CCCCCCN1C2=C(C=CC(C)C2)CCc2ccccc21. The van der Waals surface area contributed by atoms with Crippen molar-refractivity contribution in [2.45, 2.75) is 58.8 Å². The molecule has 0 N–H and O–H groups in total. The Bertz CT molecular complexity index is 567. The van der Waals surface area contributed by atoms with E-state index >= 15 is 0 Å². The highest BCUT2D eigenvalue weighted by Crippen LogP contribution is 2.37. The van der Waals surface area contributed by atoms with Crippen LogP contribution in [0.25, 0.3) is 0 Å². The molecule has 1 aliphatic heterocycles. The van der Waals surface area contributed by atoms with Gasteiger partial charge >= 0.3 is 0 Å². The summed E-state index contributed by atoms with van der Waals surface area (Å²) in [7, 11) is 0. The molecule has 1 unspecified atom stereocenters. The van der Waals surface area contributed by atoms with Crippen molar-refractivity contribution in [2.24, 2.45) is 5.92 Å². The van der Waals surface area contributed by atoms with E-state index in [0.717, 1.165) is 0 Å². The first kappa shape index (κ1) is 15.4. The molecule has 1 heteroatoms. The topological polar surface area (TPSA) is 3.24 Å². The van der Waals surface area contributed by atoms with Gasteiger partial charge in [0.1, 0.15) is 0 Å². The summed E-state index contributed by atoms with van der Waals surface area (Å²) < 4.78 is 0. The average molecular weight is 295 g/mol. The van der Waals surface area contributed by atoms with Gasteiger partial charge < -0.3 is 4.90 Å². The molecule has 0 saturated heterocycles. The van der Waals surface area contributed by atoms with Gasteiger partial charge in [0.25, 0.3) is 0 Å². The molecule has 1 aromatic carbocycles. The number of rotatable bonds is 5. The molecule has 0 saturated carbocycles. The first-order valence-corrected chi connectivity index (χ1v) is 9.05. The van der Waals surface area contributed by atoms with Gasteiger partial charge in [-0.05, 0) is 48.8 Å². The quantitative estimate of drug-likeness (QED) is 0.614. The molecule has 0 fully saturated rings. The minimum absolute atomic E-state index is 0.669. The molecule has 0 bridgehead atoms. The Kier molecular flexibility index (Phi) is 5.02. The van der Waals surface area contributed by atoms with E-state index in [-0.39, 0.29) is 0 Å². The van der Waals surface area contributed by atoms with Crippen molar-refractivity contribution in [1.82, 2.24) is 0 Å². The fraction of sp³-hybridized carbons (Fsp3) is 0.524. The molecule has 3 rings (SSSR count). The van der Waals surface area contributed by atoms with E-state index < -0.39 is 0 Å². The molecule has 0 amide bonds. The lowest BCUT2D eigenvalue weighted by Crippen LogP contribution is -2.27. The standard InChI is InChI=1S/C21H29N/c1-3-4-5-8-15-22-20-10-7-6-9-18(20)13-14-19-12-11-17(2)16-21(19)22/h6-7,9-12,17H,3-5,8,13-16H2,1-2H3. The Labute approximate surface area is 135 Å². The van der Waals surface area contributed by atoms with Crippen molar-refractivity contribution >= 4 is 5.69 Å². The number of allylic oxidation sites excluding steroid dienone is 4. The molecule has 2 aliphatic rings. The van der Waals surface area contributed by atoms with Gasteiger partial charge in [-0.3, -0.25) is 0 Å². The molecule has 1 heterocycles. The van der Waals surface area contributed by atoms with Crippen LogP contribution in [0.15, 0.2) is 47.7 Å². The third-order valence-corrected chi connectivity index (χ3v) is 5.02. The Morgan fingerprint density at radius 1 is 1.09 bits per heavy atom. The number of hydrogen-bond donors (Lipinski definition) is 0. The van der Waals surface area contributed by atoms with Crippen LogP contribution in [0.5, 0.6) is 0 Å². The normalized spacial score (nSPS) is 20.6. The van der Waals surface area contributed by atoms with E-state index in [1.165, 1.54) is 62.7 Å². The summed E-state index contributed by atoms with van der Waals surface area (Å²) in [5.74, 6) is 0.669. The summed E-state index contributed by atoms with van der Waals surface area (Å²) >= 11 is 0. The second kappa shape index (κ2) is 7.17. The fourth-order valence-corrected chi connectivity index (χ4v) is 3.74. The second-order valence-electron chi connectivity index (χ2n) is 6.85. The van der Waals surface area contributed by atoms with E-state index in [1.807, 2.05) is 0 Å². The molecule has 0 aromatic heterocycles. The first-order chi connectivity index (χ1) is 10.8. The smallest absolute Gasteiger partial charge is 0.0440 e. The van der Waals surface area contributed by atoms with Crippen molar-refractivity contribution in [2.75, 3.05) is 11.4 Å². The van der Waals surface area contributed by atoms with E-state index in [1.54, 1.807) is 11.3 Å². The van der Waals surface area contributed by atoms with Crippen molar-refractivity contribution in [1.29, 1.82) is 0 Å². The predicted molar refractivity (Wildman–Crippen MR) is 96.2 cm³/mol. The van der Waals surface area contributed by atoms with Gasteiger partial charge in [0, 0.05) is 17.9 Å². The maximum absolute atomic E-state index is 2.65. The van der Waals surface area contributed by atoms with Crippen LogP contribution in [-0.4, -0.2) is 6.54 Å². The van der Waals surface area contributed by atoms with Crippen LogP contribution < -0.4 is 4.90 Å². The number of para-hydroxylation sites is 1. The zero-order valence-electron chi connectivity index (χ0n) is 14.1. The minimum Gasteiger partial charge on any atom is -0.345 e. The molecular weight excluding hydrogens is 266 g/mol. The lowest BCUT2D eigenvalue weighted by molar-refractivity contribution is 0.628. The van der Waals surface area contributed by atoms with Crippen LogP contribution in [0.1, 0.15) is 57.9 Å². The summed E-state index contributed by atoms with van der Waals surface area (Å²) in [5, 5.41) is 0. The molecule has 0 radical (unpaired) electrons. The summed E-state index contributed by atoms with van der Waals surface area (Å²) in [6.45, 7) is 5.80. The molecule has 1 aromatic rings. The summed E-state index contributed by atoms with van der Waals surface area (Å²) in [6.07, 6.45) is 13.7. The van der Waals surface area contributed by atoms with Gasteiger partial charge in [0.2, 0.25) is 0 Å². The van der Waals surface area contributed by atoms with Crippen molar-refractivity contribution in [3.05, 3.63) is 53.3 Å². The van der Waals surface area contributed by atoms with E-state index in [4.69, 9.17) is 0 Å². The minimum atomic E-state index is 0.669. The molecular formula is C21H29N. The zero-order valence-corrected chi connectivity index (χ0v) is 14.1. The Morgan fingerprint density at radius 2 is 1.95 bits per heavy atom. The van der Waals surface area contributed by atoms with Crippen LogP contribution in [0.2, 0.25) is 0 Å². The van der Waals surface area contributed by atoms with Gasteiger partial charge in [0.05, 0.1) is 0 Å². The maximum atomic E-state index is 2.65. The highest BCUT2D eigenvalue weighted by Gasteiger charge is 2.24. The van der Waals surface area contributed by atoms with Crippen molar-refractivity contribution in [3.63, 3.8) is 0 Å². The monoisotopic (exact) mass is 295 g/mol. The third-order valence-electron chi connectivity index (χ3n) is 5.02. The van der Waals surface area contributed by atoms with E-state index in [9.17, 15) is 0 Å². The largest absolute Gasteiger partial charge is 0.345 e. The number of aryl methyl sites for hydroxylation is 1. The second-order valence-corrected chi connectivity index (χ2v) is 6.85. The van der Waals surface area contributed by atoms with Crippen molar-refractivity contribution < 1.29 is 0 Å². The third kappa shape index (κ3) is 3.29. The Balaban J connectivity index is 1.88. The molecule has 118 valence electrons. The number of hydrogen-bond acceptors (Lipinski definition) is 1. The fourth-order valence-electron chi connectivity index (χ4n) is 3.74. The van der Waals surface area contributed by atoms with Crippen LogP contribution in [0.4, 0.5) is 5.69 Å². The van der Waals surface area contributed by atoms with Gasteiger partial charge in [-0.25, -0.2) is 0 Å². The number of unbranched alkanes of at least 4 members (excludes halogenated alkanes) is 3. The summed E-state index contributed by atoms with van der Waals surface area (Å²) in [5.41, 5.74) is 6.15. The van der Waals surface area contributed by atoms with Crippen molar-refractivity contribution in [3.8, 4) is 0 Å². The van der Waals surface area contributed by atoms with Crippen LogP contribution in [0, 0.1) is 5.92 Å². The van der Waals surface area contributed by atoms with Gasteiger partial charge in [-0.15, -0.1) is 0 Å². The zero-order chi connectivity index (χ0) is 15.4. The molecule has 1 aliphatic carbocycles. The number of fused-ring (bicyclic) bond motifs is 1.